The number of carboxylic acid groups (broad SMARTS) is 1. The van der Waals surface area contributed by atoms with E-state index in [9.17, 15) is 36.7 Å². The van der Waals surface area contributed by atoms with Crippen LogP contribution in [0, 0.1) is 29.2 Å². The minimum Gasteiger partial charge on any atom is -0.481 e. The molecule has 2 aromatic carbocycles. The molecule has 0 radical (unpaired) electrons. The minimum absolute atomic E-state index is 0.0636. The van der Waals surface area contributed by atoms with Crippen molar-refractivity contribution in [1.82, 2.24) is 10.5 Å². The van der Waals surface area contributed by atoms with Gasteiger partial charge >= 0.3 is 5.97 Å². The van der Waals surface area contributed by atoms with Crippen LogP contribution in [0.15, 0.2) is 40.9 Å². The fraction of sp³-hybridized carbons (Fsp3) is 0.240. The highest BCUT2D eigenvalue weighted by atomic mass is 35.5. The van der Waals surface area contributed by atoms with E-state index in [1.54, 1.807) is 24.3 Å². The zero-order valence-electron chi connectivity index (χ0n) is 20.0. The molecule has 2 N–H and O–H groups in total. The molecule has 0 aliphatic rings. The summed E-state index contributed by atoms with van der Waals surface area (Å²) in [5.74, 6) is -14.4. The summed E-state index contributed by atoms with van der Waals surface area (Å²) in [5, 5.41) is 15.4. The molecule has 0 fully saturated rings. The largest absolute Gasteiger partial charge is 0.481 e. The molecule has 206 valence electrons. The quantitative estimate of drug-likeness (QED) is 0.186. The number of hydrogen-bond acceptors (Lipinski definition) is 7. The molecule has 0 bridgehead atoms. The van der Waals surface area contributed by atoms with E-state index in [1.165, 1.54) is 13.0 Å². The lowest BCUT2D eigenvalue weighted by Crippen LogP contribution is -2.46. The number of carboxylic acids is 1. The van der Waals surface area contributed by atoms with Gasteiger partial charge in [0.25, 0.3) is 0 Å². The first-order valence-electron chi connectivity index (χ1n) is 11.1. The normalized spacial score (nSPS) is 12.5. The fourth-order valence-electron chi connectivity index (χ4n) is 3.33. The number of nitrogens with one attached hydrogen (secondary N) is 1. The van der Waals surface area contributed by atoms with Crippen LogP contribution < -0.4 is 10.1 Å². The van der Waals surface area contributed by atoms with Crippen LogP contribution >= 0.6 is 11.6 Å². The molecule has 0 unspecified atom stereocenters. The highest BCUT2D eigenvalue weighted by Gasteiger charge is 2.29. The van der Waals surface area contributed by atoms with E-state index in [0.29, 0.717) is 10.6 Å². The van der Waals surface area contributed by atoms with E-state index in [1.807, 2.05) is 0 Å². The summed E-state index contributed by atoms with van der Waals surface area (Å²) < 4.78 is 63.8. The van der Waals surface area contributed by atoms with Gasteiger partial charge in [0.05, 0.1) is 11.4 Å². The first-order chi connectivity index (χ1) is 18.4. The molecule has 3 aromatic rings. The Balaban J connectivity index is 1.64. The molecular weight excluding hydrogens is 552 g/mol. The Morgan fingerprint density at radius 2 is 1.69 bits per heavy atom. The third-order valence-electron chi connectivity index (χ3n) is 5.39. The average Bonchev–Trinajstić information content (AvgIpc) is 3.37. The van der Waals surface area contributed by atoms with Crippen molar-refractivity contribution in [3.8, 4) is 17.0 Å². The van der Waals surface area contributed by atoms with Gasteiger partial charge in [0, 0.05) is 30.0 Å². The molecule has 0 aliphatic heterocycles. The van der Waals surface area contributed by atoms with Crippen molar-refractivity contribution >= 4 is 35.0 Å². The number of aromatic nitrogens is 1. The third kappa shape index (κ3) is 7.19. The number of nitrogens with zero attached hydrogens (tertiary/aromatic N) is 1. The number of benzene rings is 2. The highest BCUT2D eigenvalue weighted by molar-refractivity contribution is 6.33. The second kappa shape index (κ2) is 12.5. The van der Waals surface area contributed by atoms with Gasteiger partial charge in [-0.05, 0) is 6.07 Å². The predicted octanol–water partition coefficient (Wildman–Crippen LogP) is 4.37. The van der Waals surface area contributed by atoms with Gasteiger partial charge in [-0.3, -0.25) is 19.2 Å². The van der Waals surface area contributed by atoms with Crippen LogP contribution in [0.3, 0.4) is 0 Å². The van der Waals surface area contributed by atoms with Gasteiger partial charge in [-0.25, -0.2) is 8.78 Å². The second-order valence-corrected chi connectivity index (χ2v) is 8.70. The molecule has 0 aliphatic carbocycles. The van der Waals surface area contributed by atoms with Crippen LogP contribution in [-0.2, 0) is 14.4 Å². The molecule has 2 atom stereocenters. The van der Waals surface area contributed by atoms with E-state index in [4.69, 9.17) is 21.2 Å². The molecule has 14 heteroatoms. The molecule has 1 aromatic heterocycles. The number of carbonyl (C=O) groups excluding carboxylic acids is 3. The molecule has 0 saturated carbocycles. The maximum absolute atomic E-state index is 13.8. The first kappa shape index (κ1) is 29.3. The van der Waals surface area contributed by atoms with Crippen molar-refractivity contribution in [2.75, 3.05) is 6.61 Å². The Hall–Kier alpha value is -4.26. The third-order valence-corrected chi connectivity index (χ3v) is 5.72. The highest BCUT2D eigenvalue weighted by Crippen LogP contribution is 2.28. The van der Waals surface area contributed by atoms with E-state index in [-0.39, 0.29) is 17.5 Å². The Morgan fingerprint density at radius 1 is 1.05 bits per heavy atom. The number of carbonyl (C=O) groups is 4. The van der Waals surface area contributed by atoms with Crippen molar-refractivity contribution in [2.45, 2.75) is 25.8 Å². The zero-order chi connectivity index (χ0) is 28.9. The maximum atomic E-state index is 13.8. The lowest BCUT2D eigenvalue weighted by atomic mass is 10.0. The van der Waals surface area contributed by atoms with Crippen LogP contribution in [0.4, 0.5) is 17.6 Å². The lowest BCUT2D eigenvalue weighted by Gasteiger charge is -2.19. The minimum atomic E-state index is -1.90. The van der Waals surface area contributed by atoms with Crippen molar-refractivity contribution in [2.24, 2.45) is 5.92 Å². The summed E-state index contributed by atoms with van der Waals surface area (Å²) in [7, 11) is 0. The number of hydrogen-bond donors (Lipinski definition) is 2. The molecular formula is C25H19ClF4N2O7. The number of amides is 1. The summed E-state index contributed by atoms with van der Waals surface area (Å²) in [6, 6.07) is 6.18. The van der Waals surface area contributed by atoms with E-state index in [0.717, 1.165) is 0 Å². The second-order valence-electron chi connectivity index (χ2n) is 8.30. The van der Waals surface area contributed by atoms with Gasteiger partial charge in [-0.15, -0.1) is 0 Å². The van der Waals surface area contributed by atoms with Crippen molar-refractivity contribution in [1.29, 1.82) is 0 Å². The lowest BCUT2D eigenvalue weighted by molar-refractivity contribution is -0.140. The molecule has 1 heterocycles. The van der Waals surface area contributed by atoms with Gasteiger partial charge in [-0.2, -0.15) is 8.78 Å². The van der Waals surface area contributed by atoms with E-state index >= 15 is 0 Å². The topological polar surface area (TPSA) is 136 Å². The summed E-state index contributed by atoms with van der Waals surface area (Å²) in [6.07, 6.45) is -1.38. The van der Waals surface area contributed by atoms with Gasteiger partial charge in [0.2, 0.25) is 29.1 Å². The van der Waals surface area contributed by atoms with Crippen molar-refractivity contribution < 1.29 is 51.1 Å². The number of rotatable bonds is 12. The summed E-state index contributed by atoms with van der Waals surface area (Å²) in [6.45, 7) is 0.0861. The Morgan fingerprint density at radius 3 is 2.31 bits per heavy atom. The van der Waals surface area contributed by atoms with Gasteiger partial charge in [0.1, 0.15) is 18.3 Å². The van der Waals surface area contributed by atoms with Crippen LogP contribution in [0.2, 0.25) is 5.02 Å². The van der Waals surface area contributed by atoms with E-state index in [2.05, 4.69) is 15.2 Å². The van der Waals surface area contributed by atoms with Crippen LogP contribution in [0.5, 0.6) is 5.75 Å². The molecule has 3 rings (SSSR count). The van der Waals surface area contributed by atoms with Gasteiger partial charge in [0.15, 0.2) is 23.2 Å². The summed E-state index contributed by atoms with van der Waals surface area (Å²) >= 11 is 6.10. The Bertz CT molecular complexity index is 1400. The number of ketones is 2. The number of ether oxygens (including phenoxy) is 1. The van der Waals surface area contributed by atoms with Crippen molar-refractivity contribution in [3.63, 3.8) is 0 Å². The SMILES string of the molecule is C[C@H](CC(=O)c1cc(-c2ccccc2Cl)no1)C(=O)N[C@@H](CC(=O)O)C(=O)COc1c(F)c(F)cc(F)c1F. The van der Waals surface area contributed by atoms with Gasteiger partial charge < -0.3 is 19.7 Å². The molecule has 0 spiro atoms. The molecule has 9 nitrogen and oxygen atoms in total. The number of Topliss-reactive ketones (excluding diaryl/α,β-unsaturated/α-hetero) is 2. The van der Waals surface area contributed by atoms with Gasteiger partial charge in [-0.1, -0.05) is 41.9 Å². The predicted molar refractivity (Wildman–Crippen MR) is 126 cm³/mol. The van der Waals surface area contributed by atoms with E-state index < -0.39 is 83.9 Å². The smallest absolute Gasteiger partial charge is 0.305 e. The van der Waals surface area contributed by atoms with Crippen LogP contribution in [0.1, 0.15) is 30.3 Å². The summed E-state index contributed by atoms with van der Waals surface area (Å²) in [5.41, 5.74) is 0.782. The molecule has 1 amide bonds. The Labute approximate surface area is 222 Å². The molecule has 0 saturated heterocycles. The molecule has 39 heavy (non-hydrogen) atoms. The van der Waals surface area contributed by atoms with Crippen LogP contribution in [-0.4, -0.2) is 46.4 Å². The Kier molecular flexibility index (Phi) is 9.41. The average molecular weight is 571 g/mol. The number of aliphatic carboxylic acids is 1. The monoisotopic (exact) mass is 570 g/mol. The standard InChI is InChI=1S/C25H19ClF4N2O7/c1-11(6-18(33)20-8-16(32-39-20)12-4-2-3-5-13(12)26)25(37)31-17(9-21(35)36)19(34)10-38-24-22(29)14(27)7-15(28)23(24)30/h2-5,7-8,11,17H,6,9-10H2,1H3,(H,31,37)(H,35,36)/t11-,17+/m1/s1. The summed E-state index contributed by atoms with van der Waals surface area (Å²) in [4.78, 5) is 48.9. The maximum Gasteiger partial charge on any atom is 0.305 e. The van der Waals surface area contributed by atoms with Crippen molar-refractivity contribution in [3.05, 3.63) is 70.4 Å². The fourth-order valence-corrected chi connectivity index (χ4v) is 3.56. The van der Waals surface area contributed by atoms with Crippen LogP contribution in [0.25, 0.3) is 11.3 Å². The number of halogens is 5. The first-order valence-corrected chi connectivity index (χ1v) is 11.5. The zero-order valence-corrected chi connectivity index (χ0v) is 20.7.